The number of rotatable bonds is 55. The van der Waals surface area contributed by atoms with Crippen molar-refractivity contribution in [2.75, 3.05) is 13.2 Å². The van der Waals surface area contributed by atoms with Gasteiger partial charge in [-0.3, -0.25) is 14.4 Å². The molecule has 0 amide bonds. The maximum absolute atomic E-state index is 12.9. The van der Waals surface area contributed by atoms with E-state index in [9.17, 15) is 14.4 Å². The van der Waals surface area contributed by atoms with Crippen LogP contribution in [0.15, 0.2) is 0 Å². The first-order chi connectivity index (χ1) is 32.8. The van der Waals surface area contributed by atoms with E-state index in [0.717, 1.165) is 69.6 Å². The van der Waals surface area contributed by atoms with Crippen molar-refractivity contribution in [3.63, 3.8) is 0 Å². The van der Waals surface area contributed by atoms with Gasteiger partial charge in [-0.15, -0.1) is 0 Å². The van der Waals surface area contributed by atoms with Crippen molar-refractivity contribution in [2.24, 2.45) is 11.8 Å². The molecule has 0 aliphatic carbocycles. The van der Waals surface area contributed by atoms with Gasteiger partial charge in [0.1, 0.15) is 13.2 Å². The van der Waals surface area contributed by atoms with E-state index in [1.54, 1.807) is 0 Å². The van der Waals surface area contributed by atoms with Gasteiger partial charge in [0.05, 0.1) is 0 Å². The maximum Gasteiger partial charge on any atom is 0.306 e. The van der Waals surface area contributed by atoms with Crippen LogP contribution in [0.3, 0.4) is 0 Å². The Hall–Kier alpha value is -1.59. The highest BCUT2D eigenvalue weighted by Gasteiger charge is 2.19. The normalized spacial score (nSPS) is 12.4. The van der Waals surface area contributed by atoms with E-state index in [1.807, 2.05) is 0 Å². The fraction of sp³-hybridized carbons (Fsp3) is 0.951. The third-order valence-electron chi connectivity index (χ3n) is 14.3. The lowest BCUT2D eigenvalue weighted by Gasteiger charge is -2.18. The van der Waals surface area contributed by atoms with Gasteiger partial charge in [-0.05, 0) is 31.1 Å². The molecule has 0 bridgehead atoms. The van der Waals surface area contributed by atoms with Crippen LogP contribution in [0.25, 0.3) is 0 Å². The summed E-state index contributed by atoms with van der Waals surface area (Å²) in [5.74, 6) is 0.850. The number of ether oxygens (including phenoxy) is 3. The predicted molar refractivity (Wildman–Crippen MR) is 289 cm³/mol. The smallest absolute Gasteiger partial charge is 0.306 e. The van der Waals surface area contributed by atoms with Gasteiger partial charge in [0.25, 0.3) is 0 Å². The molecular formula is C61H118O6. The van der Waals surface area contributed by atoms with Crippen LogP contribution in [0.2, 0.25) is 0 Å². The number of unbranched alkanes of at least 4 members (excludes halogenated alkanes) is 39. The molecule has 0 aromatic rings. The maximum atomic E-state index is 12.9. The average molecular weight is 948 g/mol. The standard InChI is InChI=1S/C61H118O6/c1-6-8-9-10-11-12-13-14-15-18-22-25-28-31-36-41-46-51-59(62)65-54-58(55-66-60(63)52-47-42-38-33-34-39-44-49-56(3)4)67-61(64)53-48-43-37-32-29-26-23-20-17-16-19-21-24-27-30-35-40-45-50-57(5)7-2/h56-58H,6-55H2,1-5H3/t57?,58-/m1/s1. The molecule has 0 aliphatic heterocycles. The second kappa shape index (κ2) is 53.8. The summed E-state index contributed by atoms with van der Waals surface area (Å²) in [7, 11) is 0. The number of esters is 3. The average Bonchev–Trinajstić information content (AvgIpc) is 3.31. The lowest BCUT2D eigenvalue weighted by Crippen LogP contribution is -2.30. The number of carbonyl (C=O) groups is 3. The topological polar surface area (TPSA) is 78.9 Å². The Bertz CT molecular complexity index is 1030. The van der Waals surface area contributed by atoms with Crippen LogP contribution < -0.4 is 0 Å². The summed E-state index contributed by atoms with van der Waals surface area (Å²) in [6, 6.07) is 0. The zero-order valence-corrected chi connectivity index (χ0v) is 46.0. The van der Waals surface area contributed by atoms with Crippen molar-refractivity contribution in [1.82, 2.24) is 0 Å². The molecule has 0 aromatic heterocycles. The van der Waals surface area contributed by atoms with E-state index < -0.39 is 6.10 Å². The van der Waals surface area contributed by atoms with Gasteiger partial charge >= 0.3 is 17.9 Å². The molecule has 0 aliphatic rings. The molecule has 0 aromatic carbocycles. The van der Waals surface area contributed by atoms with Gasteiger partial charge in [-0.25, -0.2) is 0 Å². The lowest BCUT2D eigenvalue weighted by molar-refractivity contribution is -0.167. The van der Waals surface area contributed by atoms with E-state index in [2.05, 4.69) is 34.6 Å². The minimum atomic E-state index is -0.763. The fourth-order valence-corrected chi connectivity index (χ4v) is 9.37. The molecule has 6 heteroatoms. The number of hydrogen-bond donors (Lipinski definition) is 0. The molecule has 6 nitrogen and oxygen atoms in total. The zero-order chi connectivity index (χ0) is 48.9. The molecule has 67 heavy (non-hydrogen) atoms. The second-order valence-electron chi connectivity index (χ2n) is 21.7. The molecule has 398 valence electrons. The van der Waals surface area contributed by atoms with Crippen molar-refractivity contribution in [1.29, 1.82) is 0 Å². The van der Waals surface area contributed by atoms with Gasteiger partial charge < -0.3 is 14.2 Å². The first kappa shape index (κ1) is 65.4. The second-order valence-corrected chi connectivity index (χ2v) is 21.7. The quantitative estimate of drug-likeness (QED) is 0.0343. The van der Waals surface area contributed by atoms with Crippen LogP contribution >= 0.6 is 0 Å². The third kappa shape index (κ3) is 53.6. The van der Waals surface area contributed by atoms with Gasteiger partial charge in [0.15, 0.2) is 6.10 Å². The summed E-state index contributed by atoms with van der Waals surface area (Å²) in [5, 5.41) is 0. The summed E-state index contributed by atoms with van der Waals surface area (Å²) in [4.78, 5) is 38.1. The molecule has 0 fully saturated rings. The monoisotopic (exact) mass is 947 g/mol. The summed E-state index contributed by atoms with van der Waals surface area (Å²) in [6.07, 6.45) is 58.2. The Balaban J connectivity index is 4.20. The van der Waals surface area contributed by atoms with Crippen LogP contribution in [0.1, 0.15) is 343 Å². The number of hydrogen-bond acceptors (Lipinski definition) is 6. The molecule has 2 atom stereocenters. The van der Waals surface area contributed by atoms with E-state index in [-0.39, 0.29) is 31.1 Å². The molecule has 0 saturated heterocycles. The summed E-state index contributed by atoms with van der Waals surface area (Å²) < 4.78 is 16.9. The lowest BCUT2D eigenvalue weighted by atomic mass is 9.99. The molecule has 0 spiro atoms. The molecule has 0 saturated carbocycles. The van der Waals surface area contributed by atoms with Crippen LogP contribution in [0, 0.1) is 11.8 Å². The van der Waals surface area contributed by atoms with Gasteiger partial charge in [-0.1, -0.05) is 304 Å². The summed E-state index contributed by atoms with van der Waals surface area (Å²) >= 11 is 0. The van der Waals surface area contributed by atoms with E-state index in [1.165, 1.54) is 231 Å². The van der Waals surface area contributed by atoms with Gasteiger partial charge in [-0.2, -0.15) is 0 Å². The van der Waals surface area contributed by atoms with Crippen molar-refractivity contribution in [2.45, 2.75) is 349 Å². The highest BCUT2D eigenvalue weighted by Crippen LogP contribution is 2.19. The van der Waals surface area contributed by atoms with E-state index in [4.69, 9.17) is 14.2 Å². The molecule has 1 unspecified atom stereocenters. The first-order valence-electron chi connectivity index (χ1n) is 30.3. The highest BCUT2D eigenvalue weighted by molar-refractivity contribution is 5.71. The first-order valence-corrected chi connectivity index (χ1v) is 30.3. The molecule has 0 radical (unpaired) electrons. The summed E-state index contributed by atoms with van der Waals surface area (Å²) in [5.41, 5.74) is 0. The van der Waals surface area contributed by atoms with E-state index in [0.29, 0.717) is 19.3 Å². The highest BCUT2D eigenvalue weighted by atomic mass is 16.6. The Labute approximate surface area is 418 Å². The van der Waals surface area contributed by atoms with Crippen molar-refractivity contribution < 1.29 is 28.6 Å². The molecular weight excluding hydrogens is 829 g/mol. The largest absolute Gasteiger partial charge is 0.462 e. The zero-order valence-electron chi connectivity index (χ0n) is 46.0. The van der Waals surface area contributed by atoms with E-state index >= 15 is 0 Å². The van der Waals surface area contributed by atoms with Crippen molar-refractivity contribution in [3.05, 3.63) is 0 Å². The Kier molecular flexibility index (Phi) is 52.5. The van der Waals surface area contributed by atoms with Crippen molar-refractivity contribution in [3.8, 4) is 0 Å². The Morgan fingerprint density at radius 1 is 0.313 bits per heavy atom. The van der Waals surface area contributed by atoms with Crippen LogP contribution in [-0.4, -0.2) is 37.2 Å². The molecule has 0 N–H and O–H groups in total. The third-order valence-corrected chi connectivity index (χ3v) is 14.3. The number of carbonyl (C=O) groups excluding carboxylic acids is 3. The Morgan fingerprint density at radius 2 is 0.567 bits per heavy atom. The van der Waals surface area contributed by atoms with Crippen LogP contribution in [0.5, 0.6) is 0 Å². The van der Waals surface area contributed by atoms with Gasteiger partial charge in [0.2, 0.25) is 0 Å². The van der Waals surface area contributed by atoms with Crippen LogP contribution in [-0.2, 0) is 28.6 Å². The van der Waals surface area contributed by atoms with Crippen molar-refractivity contribution >= 4 is 17.9 Å². The van der Waals surface area contributed by atoms with Gasteiger partial charge in [0, 0.05) is 19.3 Å². The Morgan fingerprint density at radius 3 is 0.851 bits per heavy atom. The van der Waals surface area contributed by atoms with Crippen LogP contribution in [0.4, 0.5) is 0 Å². The molecule has 0 rings (SSSR count). The fourth-order valence-electron chi connectivity index (χ4n) is 9.37. The minimum absolute atomic E-state index is 0.0630. The predicted octanol–water partition coefficient (Wildman–Crippen LogP) is 20.0. The summed E-state index contributed by atoms with van der Waals surface area (Å²) in [6.45, 7) is 11.4. The molecule has 0 heterocycles. The minimum Gasteiger partial charge on any atom is -0.462 e. The SMILES string of the molecule is CCCCCCCCCCCCCCCCCCCC(=O)OC[C@H](COC(=O)CCCCCCCCCC(C)C)OC(=O)CCCCCCCCCCCCCCCCCCCCC(C)CC.